The molecule has 0 aliphatic heterocycles. The first kappa shape index (κ1) is 9.82. The molecule has 11 heavy (non-hydrogen) atoms. The van der Waals surface area contributed by atoms with Crippen LogP contribution in [0.4, 0.5) is 0 Å². The van der Waals surface area contributed by atoms with Gasteiger partial charge in [-0.3, -0.25) is 0 Å². The number of hydrogen-bond acceptors (Lipinski definition) is 0. The molecule has 1 atom stereocenters. The highest BCUT2D eigenvalue weighted by Crippen LogP contribution is 2.29. The van der Waals surface area contributed by atoms with Crippen molar-refractivity contribution in [2.45, 2.75) is 45.4 Å². The molecule has 0 nitrogen and oxygen atoms in total. The molecule has 1 heteroatoms. The molecule has 1 saturated carbocycles. The van der Waals surface area contributed by atoms with Gasteiger partial charge in [0.15, 0.2) is 0 Å². The van der Waals surface area contributed by atoms with Gasteiger partial charge in [0.25, 0.3) is 0 Å². The largest absolute Gasteiger partial charge is 0.0861 e. The van der Waals surface area contributed by atoms with Crippen molar-refractivity contribution in [1.82, 2.24) is 0 Å². The van der Waals surface area contributed by atoms with Crippen molar-refractivity contribution >= 4 is 22.6 Å². The Kier molecular flexibility index (Phi) is 4.81. The minimum atomic E-state index is 0.957. The van der Waals surface area contributed by atoms with E-state index in [0.29, 0.717) is 0 Å². The molecule has 1 aliphatic rings. The molecule has 0 N–H and O–H groups in total. The van der Waals surface area contributed by atoms with E-state index in [2.05, 4.69) is 29.5 Å². The quantitative estimate of drug-likeness (QED) is 0.534. The highest BCUT2D eigenvalue weighted by Gasteiger charge is 2.15. The summed E-state index contributed by atoms with van der Waals surface area (Å²) in [4.78, 5) is 0. The van der Waals surface area contributed by atoms with E-state index < -0.39 is 0 Å². The Balaban J connectivity index is 2.13. The number of hydrogen-bond donors (Lipinski definition) is 0. The normalized spacial score (nSPS) is 23.5. The maximum atomic E-state index is 2.51. The predicted molar refractivity (Wildman–Crippen MR) is 59.2 cm³/mol. The van der Waals surface area contributed by atoms with Crippen LogP contribution in [0.1, 0.15) is 45.4 Å². The average molecular weight is 266 g/mol. The maximum absolute atomic E-state index is 2.51. The van der Waals surface area contributed by atoms with Crippen LogP contribution in [0.25, 0.3) is 0 Å². The van der Waals surface area contributed by atoms with E-state index in [-0.39, 0.29) is 0 Å². The van der Waals surface area contributed by atoms with Gasteiger partial charge in [-0.1, -0.05) is 61.6 Å². The SMILES string of the molecule is CC(CI)CC1CCCCC1. The Labute approximate surface area is 84.3 Å². The summed E-state index contributed by atoms with van der Waals surface area (Å²) < 4.78 is 1.34. The van der Waals surface area contributed by atoms with E-state index in [1.54, 1.807) is 0 Å². The third-order valence-corrected chi connectivity index (χ3v) is 4.23. The lowest BCUT2D eigenvalue weighted by molar-refractivity contribution is 0.308. The van der Waals surface area contributed by atoms with E-state index in [9.17, 15) is 0 Å². The van der Waals surface area contributed by atoms with Gasteiger partial charge in [-0.05, 0) is 18.3 Å². The third kappa shape index (κ3) is 3.77. The molecule has 0 aromatic heterocycles. The van der Waals surface area contributed by atoms with Crippen LogP contribution in [0.3, 0.4) is 0 Å². The summed E-state index contributed by atoms with van der Waals surface area (Å²) in [6.45, 7) is 2.39. The van der Waals surface area contributed by atoms with E-state index in [0.717, 1.165) is 11.8 Å². The summed E-state index contributed by atoms with van der Waals surface area (Å²) in [5, 5.41) is 0. The van der Waals surface area contributed by atoms with Gasteiger partial charge in [0.1, 0.15) is 0 Å². The molecule has 0 aromatic carbocycles. The van der Waals surface area contributed by atoms with Crippen molar-refractivity contribution in [3.05, 3.63) is 0 Å². The Hall–Kier alpha value is 0.730. The topological polar surface area (TPSA) is 0 Å². The zero-order valence-corrected chi connectivity index (χ0v) is 9.64. The number of rotatable bonds is 3. The Morgan fingerprint density at radius 1 is 1.27 bits per heavy atom. The van der Waals surface area contributed by atoms with Crippen molar-refractivity contribution in [3.63, 3.8) is 0 Å². The molecule has 66 valence electrons. The van der Waals surface area contributed by atoms with Crippen LogP contribution in [-0.2, 0) is 0 Å². The summed E-state index contributed by atoms with van der Waals surface area (Å²) in [7, 11) is 0. The van der Waals surface area contributed by atoms with Gasteiger partial charge >= 0.3 is 0 Å². The van der Waals surface area contributed by atoms with Crippen LogP contribution in [0.2, 0.25) is 0 Å². The first-order valence-electron chi connectivity index (χ1n) is 4.89. The van der Waals surface area contributed by atoms with E-state index >= 15 is 0 Å². The first-order chi connectivity index (χ1) is 5.33. The summed E-state index contributed by atoms with van der Waals surface area (Å²) in [5.74, 6) is 2.03. The Morgan fingerprint density at radius 2 is 1.91 bits per heavy atom. The fourth-order valence-corrected chi connectivity index (χ4v) is 2.41. The highest BCUT2D eigenvalue weighted by molar-refractivity contribution is 14.1. The Bertz CT molecular complexity index is 95.0. The molecular weight excluding hydrogens is 247 g/mol. The standard InChI is InChI=1S/C10H19I/c1-9(8-11)7-10-5-3-2-4-6-10/h9-10H,2-8H2,1H3. The average Bonchev–Trinajstić information content (AvgIpc) is 2.06. The van der Waals surface area contributed by atoms with Gasteiger partial charge in [-0.2, -0.15) is 0 Å². The molecule has 1 unspecified atom stereocenters. The summed E-state index contributed by atoms with van der Waals surface area (Å²) >= 11 is 2.51. The van der Waals surface area contributed by atoms with Crippen LogP contribution in [0.5, 0.6) is 0 Å². The van der Waals surface area contributed by atoms with Gasteiger partial charge in [-0.15, -0.1) is 0 Å². The lowest BCUT2D eigenvalue weighted by atomic mass is 9.84. The molecule has 0 bridgehead atoms. The molecule has 0 amide bonds. The van der Waals surface area contributed by atoms with Crippen LogP contribution < -0.4 is 0 Å². The van der Waals surface area contributed by atoms with Crippen molar-refractivity contribution in [2.75, 3.05) is 4.43 Å². The van der Waals surface area contributed by atoms with Gasteiger partial charge in [0.05, 0.1) is 0 Å². The lowest BCUT2D eigenvalue weighted by Gasteiger charge is -2.23. The zero-order chi connectivity index (χ0) is 8.10. The smallest absolute Gasteiger partial charge is 0.00211 e. The molecular formula is C10H19I. The third-order valence-electron chi connectivity index (χ3n) is 2.72. The van der Waals surface area contributed by atoms with E-state index in [1.807, 2.05) is 0 Å². The van der Waals surface area contributed by atoms with Gasteiger partial charge in [0.2, 0.25) is 0 Å². The van der Waals surface area contributed by atoms with Crippen LogP contribution in [0, 0.1) is 11.8 Å². The van der Waals surface area contributed by atoms with Gasteiger partial charge < -0.3 is 0 Å². The monoisotopic (exact) mass is 266 g/mol. The fourth-order valence-electron chi connectivity index (χ4n) is 2.05. The van der Waals surface area contributed by atoms with Crippen LogP contribution in [-0.4, -0.2) is 4.43 Å². The second kappa shape index (κ2) is 5.39. The van der Waals surface area contributed by atoms with Crippen molar-refractivity contribution in [1.29, 1.82) is 0 Å². The molecule has 0 aromatic rings. The van der Waals surface area contributed by atoms with Crippen LogP contribution in [0.15, 0.2) is 0 Å². The van der Waals surface area contributed by atoms with Crippen LogP contribution >= 0.6 is 22.6 Å². The second-order valence-corrected chi connectivity index (χ2v) is 4.88. The molecule has 0 saturated heterocycles. The highest BCUT2D eigenvalue weighted by atomic mass is 127. The van der Waals surface area contributed by atoms with Crippen molar-refractivity contribution in [3.8, 4) is 0 Å². The molecule has 1 aliphatic carbocycles. The number of halogens is 1. The predicted octanol–water partition coefficient (Wildman–Crippen LogP) is 4.03. The molecule has 0 heterocycles. The summed E-state index contributed by atoms with van der Waals surface area (Å²) in [6, 6.07) is 0. The van der Waals surface area contributed by atoms with Crippen molar-refractivity contribution < 1.29 is 0 Å². The molecule has 0 radical (unpaired) electrons. The fraction of sp³-hybridized carbons (Fsp3) is 1.00. The van der Waals surface area contributed by atoms with E-state index in [1.165, 1.54) is 43.0 Å². The number of alkyl halides is 1. The first-order valence-corrected chi connectivity index (χ1v) is 6.41. The second-order valence-electron chi connectivity index (χ2n) is 4.00. The Morgan fingerprint density at radius 3 is 2.45 bits per heavy atom. The van der Waals surface area contributed by atoms with Gasteiger partial charge in [0, 0.05) is 4.43 Å². The van der Waals surface area contributed by atoms with Gasteiger partial charge in [-0.25, -0.2) is 0 Å². The minimum absolute atomic E-state index is 0.957. The maximum Gasteiger partial charge on any atom is 0.00211 e. The molecule has 1 fully saturated rings. The summed E-state index contributed by atoms with van der Waals surface area (Å²) in [5.41, 5.74) is 0. The zero-order valence-electron chi connectivity index (χ0n) is 7.48. The summed E-state index contributed by atoms with van der Waals surface area (Å²) in [6.07, 6.45) is 9.01. The lowest BCUT2D eigenvalue weighted by Crippen LogP contribution is -2.10. The van der Waals surface area contributed by atoms with Crippen molar-refractivity contribution in [2.24, 2.45) is 11.8 Å². The molecule has 0 spiro atoms. The minimum Gasteiger partial charge on any atom is -0.0861 e. The van der Waals surface area contributed by atoms with E-state index in [4.69, 9.17) is 0 Å². The molecule has 1 rings (SSSR count).